The Balaban J connectivity index is 1.96. The molecule has 0 saturated heterocycles. The van der Waals surface area contributed by atoms with Gasteiger partial charge in [-0.1, -0.05) is 35.4 Å². The van der Waals surface area contributed by atoms with Crippen LogP contribution in [0.3, 0.4) is 0 Å². The normalized spacial score (nSPS) is 11.6. The van der Waals surface area contributed by atoms with Gasteiger partial charge in [0.05, 0.1) is 39.0 Å². The number of sulfonamides is 1. The van der Waals surface area contributed by atoms with Gasteiger partial charge in [0.15, 0.2) is 0 Å². The average Bonchev–Trinajstić information content (AvgIpc) is 2.83. The minimum Gasteiger partial charge on any atom is -0.462 e. The Hall–Kier alpha value is -3.57. The van der Waals surface area contributed by atoms with Crippen molar-refractivity contribution in [1.29, 1.82) is 0 Å². The number of aryl methyl sites for hydroxylation is 1. The predicted molar refractivity (Wildman–Crippen MR) is 133 cm³/mol. The number of ether oxygens (including phenoxy) is 1. The molecule has 196 valence electrons. The molecule has 1 amide bonds. The van der Waals surface area contributed by atoms with Crippen LogP contribution in [0.15, 0.2) is 71.6 Å². The van der Waals surface area contributed by atoms with Crippen LogP contribution in [0.4, 0.5) is 24.5 Å². The summed E-state index contributed by atoms with van der Waals surface area (Å²) in [6.45, 7) is 2.67. The maximum Gasteiger partial charge on any atom is 0.416 e. The Labute approximate surface area is 216 Å². The molecule has 37 heavy (non-hydrogen) atoms. The van der Waals surface area contributed by atoms with Gasteiger partial charge in [0.2, 0.25) is 5.91 Å². The van der Waals surface area contributed by atoms with Gasteiger partial charge in [-0.3, -0.25) is 9.10 Å². The Morgan fingerprint density at radius 3 is 2.30 bits per heavy atom. The molecular formula is C25H22ClF3N2O5S. The van der Waals surface area contributed by atoms with Crippen molar-refractivity contribution < 1.29 is 35.9 Å². The van der Waals surface area contributed by atoms with E-state index in [0.29, 0.717) is 10.4 Å². The monoisotopic (exact) mass is 554 g/mol. The maximum atomic E-state index is 13.4. The molecule has 0 aliphatic carbocycles. The zero-order valence-corrected chi connectivity index (χ0v) is 21.2. The third-order valence-corrected chi connectivity index (χ3v) is 7.21. The maximum absolute atomic E-state index is 13.4. The second kappa shape index (κ2) is 11.2. The number of nitrogens with zero attached hydrogens (tertiary/aromatic N) is 1. The van der Waals surface area contributed by atoms with Crippen LogP contribution in [-0.2, 0) is 25.7 Å². The molecule has 0 unspecified atom stereocenters. The second-order valence-electron chi connectivity index (χ2n) is 7.84. The van der Waals surface area contributed by atoms with Crippen LogP contribution in [0.25, 0.3) is 0 Å². The SMILES string of the molecule is CCOC(=O)c1ccc(NC(=O)CN(c2cccc(C(F)(F)F)c2)S(=O)(=O)c2ccc(C)cc2)c(Cl)c1. The highest BCUT2D eigenvalue weighted by atomic mass is 35.5. The molecule has 1 N–H and O–H groups in total. The smallest absolute Gasteiger partial charge is 0.416 e. The first-order valence-electron chi connectivity index (χ1n) is 10.9. The van der Waals surface area contributed by atoms with E-state index in [1.54, 1.807) is 13.8 Å². The van der Waals surface area contributed by atoms with Crippen molar-refractivity contribution in [3.8, 4) is 0 Å². The summed E-state index contributed by atoms with van der Waals surface area (Å²) in [5.41, 5.74) is -0.460. The van der Waals surface area contributed by atoms with Gasteiger partial charge < -0.3 is 10.1 Å². The van der Waals surface area contributed by atoms with E-state index in [-0.39, 0.29) is 33.5 Å². The number of carbonyl (C=O) groups is 2. The van der Waals surface area contributed by atoms with E-state index < -0.39 is 40.2 Å². The lowest BCUT2D eigenvalue weighted by Gasteiger charge is -2.25. The summed E-state index contributed by atoms with van der Waals surface area (Å²) < 4.78 is 72.3. The Kier molecular flexibility index (Phi) is 8.49. The minimum atomic E-state index is -4.73. The Morgan fingerprint density at radius 2 is 1.70 bits per heavy atom. The van der Waals surface area contributed by atoms with Crippen LogP contribution in [0.1, 0.15) is 28.4 Å². The predicted octanol–water partition coefficient (Wildman–Crippen LogP) is 5.68. The summed E-state index contributed by atoms with van der Waals surface area (Å²) in [6, 6.07) is 13.3. The van der Waals surface area contributed by atoms with Gasteiger partial charge in [-0.2, -0.15) is 13.2 Å². The van der Waals surface area contributed by atoms with Gasteiger partial charge in [0.25, 0.3) is 10.0 Å². The topological polar surface area (TPSA) is 92.8 Å². The average molecular weight is 555 g/mol. The highest BCUT2D eigenvalue weighted by Crippen LogP contribution is 2.33. The van der Waals surface area contributed by atoms with E-state index >= 15 is 0 Å². The van der Waals surface area contributed by atoms with E-state index in [0.717, 1.165) is 23.8 Å². The summed E-state index contributed by atoms with van der Waals surface area (Å²) in [4.78, 5) is 24.6. The number of anilines is 2. The second-order valence-corrected chi connectivity index (χ2v) is 10.1. The molecule has 7 nitrogen and oxygen atoms in total. The summed E-state index contributed by atoms with van der Waals surface area (Å²) >= 11 is 6.16. The van der Waals surface area contributed by atoms with Crippen molar-refractivity contribution in [3.63, 3.8) is 0 Å². The van der Waals surface area contributed by atoms with E-state index in [2.05, 4.69) is 5.32 Å². The molecule has 0 aliphatic heterocycles. The van der Waals surface area contributed by atoms with Crippen molar-refractivity contribution in [3.05, 3.63) is 88.4 Å². The van der Waals surface area contributed by atoms with Crippen LogP contribution in [0.5, 0.6) is 0 Å². The molecule has 12 heteroatoms. The van der Waals surface area contributed by atoms with Gasteiger partial charge in [-0.25, -0.2) is 13.2 Å². The third kappa shape index (κ3) is 6.80. The molecule has 0 spiro atoms. The van der Waals surface area contributed by atoms with Crippen LogP contribution in [0.2, 0.25) is 5.02 Å². The Morgan fingerprint density at radius 1 is 1.03 bits per heavy atom. The molecule has 0 radical (unpaired) electrons. The molecule has 0 fully saturated rings. The van der Waals surface area contributed by atoms with Crippen LogP contribution < -0.4 is 9.62 Å². The molecule has 0 bridgehead atoms. The van der Waals surface area contributed by atoms with Gasteiger partial charge in [-0.15, -0.1) is 0 Å². The number of rotatable bonds is 8. The molecular weight excluding hydrogens is 533 g/mol. The summed E-state index contributed by atoms with van der Waals surface area (Å²) in [5.74, 6) is -1.50. The number of hydrogen-bond donors (Lipinski definition) is 1. The fourth-order valence-electron chi connectivity index (χ4n) is 3.27. The highest BCUT2D eigenvalue weighted by molar-refractivity contribution is 7.92. The zero-order valence-electron chi connectivity index (χ0n) is 19.7. The summed E-state index contributed by atoms with van der Waals surface area (Å²) in [7, 11) is -4.44. The molecule has 0 heterocycles. The molecule has 3 aromatic rings. The number of halogens is 4. The van der Waals surface area contributed by atoms with E-state index in [4.69, 9.17) is 16.3 Å². The van der Waals surface area contributed by atoms with Crippen LogP contribution in [0, 0.1) is 6.92 Å². The van der Waals surface area contributed by atoms with E-state index in [1.807, 2.05) is 0 Å². The van der Waals surface area contributed by atoms with Crippen LogP contribution in [-0.4, -0.2) is 33.4 Å². The largest absolute Gasteiger partial charge is 0.462 e. The first-order valence-corrected chi connectivity index (χ1v) is 12.7. The number of esters is 1. The van der Waals surface area contributed by atoms with E-state index in [1.165, 1.54) is 42.5 Å². The molecule has 3 rings (SSSR count). The highest BCUT2D eigenvalue weighted by Gasteiger charge is 2.33. The van der Waals surface area contributed by atoms with Gasteiger partial charge in [0, 0.05) is 0 Å². The summed E-state index contributed by atoms with van der Waals surface area (Å²) in [5, 5.41) is 2.41. The van der Waals surface area contributed by atoms with Crippen molar-refractivity contribution in [1.82, 2.24) is 0 Å². The first kappa shape index (κ1) is 28.0. The number of nitrogens with one attached hydrogen (secondary N) is 1. The standard InChI is InChI=1S/C25H22ClF3N2O5S/c1-3-36-24(33)17-9-12-22(21(26)13-17)30-23(32)15-31(19-6-4-5-18(14-19)25(27,28)29)37(34,35)20-10-7-16(2)8-11-20/h4-14H,3,15H2,1-2H3,(H,30,32). The number of amides is 1. The van der Waals surface area contributed by atoms with Gasteiger partial charge >= 0.3 is 12.1 Å². The zero-order chi connectivity index (χ0) is 27.4. The minimum absolute atomic E-state index is 0.0223. The number of alkyl halides is 3. The van der Waals surface area contributed by atoms with Crippen molar-refractivity contribution >= 4 is 44.9 Å². The Bertz CT molecular complexity index is 1410. The van der Waals surface area contributed by atoms with E-state index in [9.17, 15) is 31.2 Å². The number of hydrogen-bond acceptors (Lipinski definition) is 5. The molecule has 3 aromatic carbocycles. The van der Waals surface area contributed by atoms with Gasteiger partial charge in [0.1, 0.15) is 6.54 Å². The quantitative estimate of drug-likeness (QED) is 0.362. The summed E-state index contributed by atoms with van der Waals surface area (Å²) in [6.07, 6.45) is -4.73. The number of carbonyl (C=O) groups excluding carboxylic acids is 2. The lowest BCUT2D eigenvalue weighted by atomic mass is 10.2. The third-order valence-electron chi connectivity index (χ3n) is 5.11. The number of benzene rings is 3. The van der Waals surface area contributed by atoms with Gasteiger partial charge in [-0.05, 0) is 62.4 Å². The van der Waals surface area contributed by atoms with Crippen molar-refractivity contribution in [2.45, 2.75) is 24.9 Å². The molecule has 0 atom stereocenters. The molecule has 0 saturated carbocycles. The first-order chi connectivity index (χ1) is 17.3. The fraction of sp³-hybridized carbons (Fsp3) is 0.200. The fourth-order valence-corrected chi connectivity index (χ4v) is 4.91. The lowest BCUT2D eigenvalue weighted by Crippen LogP contribution is -2.38. The lowest BCUT2D eigenvalue weighted by molar-refractivity contribution is -0.137. The van der Waals surface area contributed by atoms with Crippen LogP contribution >= 0.6 is 11.6 Å². The molecule has 0 aromatic heterocycles. The van der Waals surface area contributed by atoms with Crippen molar-refractivity contribution in [2.24, 2.45) is 0 Å². The molecule has 0 aliphatic rings. The van der Waals surface area contributed by atoms with Crippen molar-refractivity contribution in [2.75, 3.05) is 22.8 Å².